The van der Waals surface area contributed by atoms with Crippen molar-refractivity contribution in [3.8, 4) is 0 Å². The Morgan fingerprint density at radius 3 is 2.71 bits per heavy atom. The second-order valence-electron chi connectivity index (χ2n) is 6.19. The molecule has 3 rings (SSSR count). The van der Waals surface area contributed by atoms with Gasteiger partial charge in [-0.15, -0.1) is 0 Å². The molecule has 0 spiro atoms. The van der Waals surface area contributed by atoms with Crippen molar-refractivity contribution < 1.29 is 13.2 Å². The van der Waals surface area contributed by atoms with E-state index in [4.69, 9.17) is 0 Å². The number of hydrogen-bond donors (Lipinski definition) is 0. The normalized spacial score (nSPS) is 26.0. The molecule has 0 saturated carbocycles. The molecule has 21 heavy (non-hydrogen) atoms. The zero-order valence-corrected chi connectivity index (χ0v) is 12.2. The smallest absolute Gasteiger partial charge is 0.297 e. The summed E-state index contributed by atoms with van der Waals surface area (Å²) in [6.45, 7) is 0. The van der Waals surface area contributed by atoms with Gasteiger partial charge in [-0.05, 0) is 50.8 Å². The van der Waals surface area contributed by atoms with Gasteiger partial charge in [-0.25, -0.2) is 0 Å². The molecule has 0 radical (unpaired) electrons. The third-order valence-corrected chi connectivity index (χ3v) is 4.81. The number of nitrogens with zero attached hydrogens (tertiary/aromatic N) is 1. The Bertz CT molecular complexity index is 547. The molecule has 1 fully saturated rings. The van der Waals surface area contributed by atoms with E-state index in [1.165, 1.54) is 30.5 Å². The number of rotatable bonds is 3. The molecule has 0 aromatic heterocycles. The molecule has 0 aliphatic carbocycles. The zero-order chi connectivity index (χ0) is 15.0. The molecule has 2 atom stereocenters. The Morgan fingerprint density at radius 2 is 2.00 bits per heavy atom. The average Bonchev–Trinajstić information content (AvgIpc) is 2.66. The number of hydrogen-bond acceptors (Lipinski definition) is 1. The van der Waals surface area contributed by atoms with E-state index < -0.39 is 11.7 Å². The van der Waals surface area contributed by atoms with Crippen LogP contribution in [0.25, 0.3) is 0 Å². The van der Waals surface area contributed by atoms with Crippen LogP contribution in [0.3, 0.4) is 0 Å². The van der Waals surface area contributed by atoms with Gasteiger partial charge in [0.2, 0.25) is 0 Å². The van der Waals surface area contributed by atoms with Gasteiger partial charge in [0.15, 0.2) is 0 Å². The summed E-state index contributed by atoms with van der Waals surface area (Å²) in [5.41, 5.74) is 1.65. The highest BCUT2D eigenvalue weighted by atomic mass is 19.4. The molecule has 2 aliphatic rings. The lowest BCUT2D eigenvalue weighted by molar-refractivity contribution is -0.137. The second kappa shape index (κ2) is 5.48. The summed E-state index contributed by atoms with van der Waals surface area (Å²) in [7, 11) is 2.17. The molecule has 1 aromatic rings. The molecule has 2 aliphatic heterocycles. The minimum absolute atomic E-state index is 0.542. The molecule has 2 heterocycles. The quantitative estimate of drug-likeness (QED) is 0.746. The highest BCUT2D eigenvalue weighted by molar-refractivity contribution is 5.27. The van der Waals surface area contributed by atoms with E-state index in [1.807, 2.05) is 0 Å². The number of halogens is 3. The molecular formula is C17H20F3N. The van der Waals surface area contributed by atoms with Crippen LogP contribution in [-0.2, 0) is 12.6 Å². The van der Waals surface area contributed by atoms with Crippen molar-refractivity contribution in [3.63, 3.8) is 0 Å². The highest BCUT2D eigenvalue weighted by Crippen LogP contribution is 2.35. The summed E-state index contributed by atoms with van der Waals surface area (Å²) in [5.74, 6) is 0. The Kier molecular flexibility index (Phi) is 3.82. The number of fused-ring (bicyclic) bond motifs is 2. The van der Waals surface area contributed by atoms with Crippen molar-refractivity contribution in [3.05, 3.63) is 47.0 Å². The first kappa shape index (κ1) is 14.6. The van der Waals surface area contributed by atoms with Crippen LogP contribution < -0.4 is 0 Å². The minimum Gasteiger partial charge on any atom is -0.297 e. The van der Waals surface area contributed by atoms with Crippen LogP contribution in [0.2, 0.25) is 0 Å². The van der Waals surface area contributed by atoms with Crippen LogP contribution >= 0.6 is 0 Å². The summed E-state index contributed by atoms with van der Waals surface area (Å²) < 4.78 is 38.1. The Morgan fingerprint density at radius 1 is 1.19 bits per heavy atom. The van der Waals surface area contributed by atoms with E-state index in [0.717, 1.165) is 24.5 Å². The van der Waals surface area contributed by atoms with Crippen molar-refractivity contribution in [1.29, 1.82) is 0 Å². The molecule has 0 N–H and O–H groups in total. The van der Waals surface area contributed by atoms with Crippen molar-refractivity contribution in [1.82, 2.24) is 4.90 Å². The fraction of sp³-hybridized carbons (Fsp3) is 0.529. The molecule has 4 heteroatoms. The van der Waals surface area contributed by atoms with Crippen LogP contribution in [0, 0.1) is 0 Å². The fourth-order valence-corrected chi connectivity index (χ4v) is 3.52. The van der Waals surface area contributed by atoms with Gasteiger partial charge < -0.3 is 0 Å². The van der Waals surface area contributed by atoms with E-state index >= 15 is 0 Å². The molecule has 114 valence electrons. The third kappa shape index (κ3) is 3.15. The van der Waals surface area contributed by atoms with Gasteiger partial charge in [0.05, 0.1) is 5.56 Å². The van der Waals surface area contributed by atoms with Crippen LogP contribution in [0.15, 0.2) is 35.9 Å². The largest absolute Gasteiger partial charge is 0.416 e. The second-order valence-corrected chi connectivity index (χ2v) is 6.19. The first-order valence-corrected chi connectivity index (χ1v) is 7.51. The van der Waals surface area contributed by atoms with E-state index in [2.05, 4.69) is 18.0 Å². The zero-order valence-electron chi connectivity index (χ0n) is 12.2. The first-order valence-electron chi connectivity index (χ1n) is 7.51. The van der Waals surface area contributed by atoms with E-state index in [9.17, 15) is 13.2 Å². The van der Waals surface area contributed by atoms with E-state index in [0.29, 0.717) is 18.5 Å². The summed E-state index contributed by atoms with van der Waals surface area (Å²) in [6.07, 6.45) is 3.19. The van der Waals surface area contributed by atoms with E-state index in [-0.39, 0.29) is 0 Å². The number of alkyl halides is 3. The summed E-state index contributed by atoms with van der Waals surface area (Å²) in [5, 5.41) is 0. The van der Waals surface area contributed by atoms with Crippen molar-refractivity contribution in [2.45, 2.75) is 50.4 Å². The highest BCUT2D eigenvalue weighted by Gasteiger charge is 2.33. The Labute approximate surface area is 123 Å². The minimum atomic E-state index is -4.25. The maximum atomic E-state index is 12.7. The van der Waals surface area contributed by atoms with Gasteiger partial charge >= 0.3 is 6.18 Å². The van der Waals surface area contributed by atoms with Gasteiger partial charge in [0, 0.05) is 12.1 Å². The summed E-state index contributed by atoms with van der Waals surface area (Å²) in [6, 6.07) is 6.89. The molecule has 0 amide bonds. The topological polar surface area (TPSA) is 3.24 Å². The van der Waals surface area contributed by atoms with Crippen LogP contribution in [-0.4, -0.2) is 24.0 Å². The lowest BCUT2D eigenvalue weighted by atomic mass is 9.95. The van der Waals surface area contributed by atoms with E-state index in [1.54, 1.807) is 6.07 Å². The molecule has 1 aromatic carbocycles. The number of aryl methyl sites for hydroxylation is 1. The lowest BCUT2D eigenvalue weighted by Gasteiger charge is -2.30. The first-order chi connectivity index (χ1) is 9.93. The third-order valence-electron chi connectivity index (χ3n) is 4.81. The van der Waals surface area contributed by atoms with Crippen molar-refractivity contribution in [2.75, 3.05) is 7.05 Å². The number of benzene rings is 1. The van der Waals surface area contributed by atoms with Gasteiger partial charge in [-0.1, -0.05) is 29.8 Å². The Balaban J connectivity index is 1.65. The monoisotopic (exact) mass is 295 g/mol. The maximum Gasteiger partial charge on any atom is 0.416 e. The average molecular weight is 295 g/mol. The number of likely N-dealkylation sites (N-methyl/N-ethyl adjacent to an activating group) is 1. The van der Waals surface area contributed by atoms with Crippen molar-refractivity contribution >= 4 is 0 Å². The maximum absolute atomic E-state index is 12.7. The Hall–Kier alpha value is -1.29. The van der Waals surface area contributed by atoms with Gasteiger partial charge in [-0.3, -0.25) is 4.90 Å². The molecule has 2 bridgehead atoms. The lowest BCUT2D eigenvalue weighted by Crippen LogP contribution is -2.34. The van der Waals surface area contributed by atoms with Crippen LogP contribution in [0.5, 0.6) is 0 Å². The van der Waals surface area contributed by atoms with Crippen LogP contribution in [0.1, 0.15) is 36.8 Å². The summed E-state index contributed by atoms with van der Waals surface area (Å²) >= 11 is 0. The SMILES string of the molecule is CN1C2C=C(CCc3cccc(C(F)(F)F)c3)CC1CC2. The molecular weight excluding hydrogens is 275 g/mol. The van der Waals surface area contributed by atoms with Gasteiger partial charge in [-0.2, -0.15) is 13.2 Å². The standard InChI is InChI=1S/C17H20F3N/c1-21-15-7-8-16(21)11-13(10-15)6-5-12-3-2-4-14(9-12)17(18,19)20/h2-4,9-10,15-16H,5-8,11H2,1H3. The summed E-state index contributed by atoms with van der Waals surface area (Å²) in [4.78, 5) is 2.42. The van der Waals surface area contributed by atoms with Gasteiger partial charge in [0.1, 0.15) is 0 Å². The predicted octanol–water partition coefficient (Wildman–Crippen LogP) is 4.43. The fourth-order valence-electron chi connectivity index (χ4n) is 3.52. The molecule has 1 nitrogen and oxygen atoms in total. The molecule has 1 saturated heterocycles. The molecule has 2 unspecified atom stereocenters. The van der Waals surface area contributed by atoms with Crippen molar-refractivity contribution in [2.24, 2.45) is 0 Å². The predicted molar refractivity (Wildman–Crippen MR) is 77.0 cm³/mol. The van der Waals surface area contributed by atoms with Crippen LogP contribution in [0.4, 0.5) is 13.2 Å². The van der Waals surface area contributed by atoms with Gasteiger partial charge in [0.25, 0.3) is 0 Å².